The number of nitrogens with one attached hydrogen (secondary N) is 2. The summed E-state index contributed by atoms with van der Waals surface area (Å²) in [6, 6.07) is 9.57. The van der Waals surface area contributed by atoms with E-state index in [-0.39, 0.29) is 12.3 Å². The zero-order valence-corrected chi connectivity index (χ0v) is 7.16. The first kappa shape index (κ1) is 9.54. The number of hydrogen-bond donors (Lipinski definition) is 3. The lowest BCUT2D eigenvalue weighted by Crippen LogP contribution is -2.21. The fourth-order valence-corrected chi connectivity index (χ4v) is 0.932. The first-order valence-corrected chi connectivity index (χ1v) is 4.05. The maximum atomic E-state index is 10.6. The summed E-state index contributed by atoms with van der Waals surface area (Å²) in [5.41, 5.74) is 2.54. The maximum Gasteiger partial charge on any atom is 0.245 e. The van der Waals surface area contributed by atoms with Crippen LogP contribution in [0.1, 0.15) is 6.42 Å². The molecule has 0 bridgehead atoms. The van der Waals surface area contributed by atoms with Gasteiger partial charge in [-0.3, -0.25) is 10.0 Å². The Morgan fingerprint density at radius 1 is 1.31 bits per heavy atom. The van der Waals surface area contributed by atoms with Gasteiger partial charge in [0.2, 0.25) is 5.91 Å². The second-order valence-corrected chi connectivity index (χ2v) is 2.58. The zero-order chi connectivity index (χ0) is 9.52. The van der Waals surface area contributed by atoms with Crippen LogP contribution < -0.4 is 10.8 Å². The standard InChI is InChI=1S/C9H12N2O2/c12-9(11-13)6-7-10-8-4-2-1-3-5-8/h1-5,10,13H,6-7H2,(H,11,12). The second-order valence-electron chi connectivity index (χ2n) is 2.58. The molecular formula is C9H12N2O2. The number of carbonyl (C=O) groups excluding carboxylic acids is 1. The summed E-state index contributed by atoms with van der Waals surface area (Å²) in [5.74, 6) is -0.386. The highest BCUT2D eigenvalue weighted by molar-refractivity contribution is 5.75. The van der Waals surface area contributed by atoms with Crippen molar-refractivity contribution in [2.24, 2.45) is 0 Å². The van der Waals surface area contributed by atoms with Gasteiger partial charge >= 0.3 is 0 Å². The van der Waals surface area contributed by atoms with Gasteiger partial charge in [0.05, 0.1) is 0 Å². The molecule has 1 aromatic carbocycles. The molecule has 0 radical (unpaired) electrons. The highest BCUT2D eigenvalue weighted by Gasteiger charge is 1.97. The minimum atomic E-state index is -0.386. The Balaban J connectivity index is 2.24. The number of carbonyl (C=O) groups is 1. The summed E-state index contributed by atoms with van der Waals surface area (Å²) in [6.07, 6.45) is 0.255. The smallest absolute Gasteiger partial charge is 0.245 e. The molecule has 0 fully saturated rings. The molecular weight excluding hydrogens is 168 g/mol. The van der Waals surface area contributed by atoms with Gasteiger partial charge in [-0.05, 0) is 12.1 Å². The molecule has 0 heterocycles. The van der Waals surface area contributed by atoms with Crippen LogP contribution in [-0.2, 0) is 4.79 Å². The van der Waals surface area contributed by atoms with Crippen LogP contribution in [0.5, 0.6) is 0 Å². The van der Waals surface area contributed by atoms with Crippen molar-refractivity contribution in [1.82, 2.24) is 5.48 Å². The molecule has 3 N–H and O–H groups in total. The Labute approximate surface area is 76.5 Å². The predicted octanol–water partition coefficient (Wildman–Crippen LogP) is 0.994. The minimum absolute atomic E-state index is 0.255. The van der Waals surface area contributed by atoms with E-state index in [1.165, 1.54) is 0 Å². The number of rotatable bonds is 4. The van der Waals surface area contributed by atoms with E-state index in [1.807, 2.05) is 30.3 Å². The van der Waals surface area contributed by atoms with Crippen LogP contribution in [-0.4, -0.2) is 17.7 Å². The van der Waals surface area contributed by atoms with Crippen molar-refractivity contribution in [3.05, 3.63) is 30.3 Å². The van der Waals surface area contributed by atoms with Gasteiger partial charge in [0.25, 0.3) is 0 Å². The maximum absolute atomic E-state index is 10.6. The van der Waals surface area contributed by atoms with Crippen molar-refractivity contribution in [1.29, 1.82) is 0 Å². The largest absolute Gasteiger partial charge is 0.385 e. The van der Waals surface area contributed by atoms with Crippen molar-refractivity contribution in [2.45, 2.75) is 6.42 Å². The molecule has 0 aliphatic rings. The molecule has 1 amide bonds. The molecule has 1 aromatic rings. The van der Waals surface area contributed by atoms with E-state index < -0.39 is 0 Å². The van der Waals surface area contributed by atoms with Crippen LogP contribution in [0.15, 0.2) is 30.3 Å². The molecule has 4 nitrogen and oxygen atoms in total. The fraction of sp³-hybridized carbons (Fsp3) is 0.222. The highest BCUT2D eigenvalue weighted by Crippen LogP contribution is 2.04. The van der Waals surface area contributed by atoms with E-state index in [0.717, 1.165) is 5.69 Å². The van der Waals surface area contributed by atoms with Gasteiger partial charge in [-0.15, -0.1) is 0 Å². The minimum Gasteiger partial charge on any atom is -0.385 e. The fourth-order valence-electron chi connectivity index (χ4n) is 0.932. The van der Waals surface area contributed by atoms with Crippen LogP contribution in [0.4, 0.5) is 5.69 Å². The molecule has 0 aliphatic carbocycles. The summed E-state index contributed by atoms with van der Waals surface area (Å²) in [5, 5.41) is 11.2. The SMILES string of the molecule is O=C(CCNc1ccccc1)NO. The van der Waals surface area contributed by atoms with Gasteiger partial charge in [-0.2, -0.15) is 0 Å². The van der Waals surface area contributed by atoms with Crippen LogP contribution in [0.25, 0.3) is 0 Å². The van der Waals surface area contributed by atoms with Gasteiger partial charge in [-0.1, -0.05) is 18.2 Å². The van der Waals surface area contributed by atoms with Gasteiger partial charge in [0.15, 0.2) is 0 Å². The van der Waals surface area contributed by atoms with Crippen molar-refractivity contribution in [3.8, 4) is 0 Å². The predicted molar refractivity (Wildman–Crippen MR) is 49.5 cm³/mol. The second kappa shape index (κ2) is 5.16. The van der Waals surface area contributed by atoms with Crippen LogP contribution in [0, 0.1) is 0 Å². The lowest BCUT2D eigenvalue weighted by atomic mass is 10.3. The van der Waals surface area contributed by atoms with Gasteiger partial charge in [-0.25, -0.2) is 5.48 Å². The van der Waals surface area contributed by atoms with Gasteiger partial charge < -0.3 is 5.32 Å². The molecule has 0 unspecified atom stereocenters. The topological polar surface area (TPSA) is 61.4 Å². The van der Waals surface area contributed by atoms with E-state index in [0.29, 0.717) is 6.54 Å². The summed E-state index contributed by atoms with van der Waals surface area (Å²) < 4.78 is 0. The summed E-state index contributed by atoms with van der Waals surface area (Å²) >= 11 is 0. The summed E-state index contributed by atoms with van der Waals surface area (Å²) in [6.45, 7) is 0.510. The van der Waals surface area contributed by atoms with Gasteiger partial charge in [0, 0.05) is 18.7 Å². The van der Waals surface area contributed by atoms with E-state index in [4.69, 9.17) is 5.21 Å². The van der Waals surface area contributed by atoms with Crippen molar-refractivity contribution >= 4 is 11.6 Å². The zero-order valence-electron chi connectivity index (χ0n) is 7.16. The number of benzene rings is 1. The number of hydrogen-bond acceptors (Lipinski definition) is 3. The summed E-state index contributed by atoms with van der Waals surface area (Å²) in [7, 11) is 0. The van der Waals surface area contributed by atoms with E-state index in [9.17, 15) is 4.79 Å². The Hall–Kier alpha value is -1.55. The van der Waals surface area contributed by atoms with Crippen LogP contribution >= 0.6 is 0 Å². The molecule has 0 spiro atoms. The third-order valence-electron chi connectivity index (χ3n) is 1.58. The van der Waals surface area contributed by atoms with Crippen LogP contribution in [0.3, 0.4) is 0 Å². The molecule has 13 heavy (non-hydrogen) atoms. The average molecular weight is 180 g/mol. The highest BCUT2D eigenvalue weighted by atomic mass is 16.5. The van der Waals surface area contributed by atoms with Crippen LogP contribution in [0.2, 0.25) is 0 Å². The van der Waals surface area contributed by atoms with E-state index in [1.54, 1.807) is 5.48 Å². The monoisotopic (exact) mass is 180 g/mol. The van der Waals surface area contributed by atoms with Crippen molar-refractivity contribution < 1.29 is 10.0 Å². The number of hydroxylamine groups is 1. The third kappa shape index (κ3) is 3.57. The van der Waals surface area contributed by atoms with E-state index in [2.05, 4.69) is 5.32 Å². The molecule has 0 aromatic heterocycles. The molecule has 4 heteroatoms. The average Bonchev–Trinajstić information content (AvgIpc) is 2.19. The number of anilines is 1. The molecule has 0 saturated carbocycles. The number of amides is 1. The van der Waals surface area contributed by atoms with E-state index >= 15 is 0 Å². The molecule has 70 valence electrons. The van der Waals surface area contributed by atoms with Gasteiger partial charge in [0.1, 0.15) is 0 Å². The Kier molecular flexibility index (Phi) is 3.78. The molecule has 0 aliphatic heterocycles. The number of para-hydroxylation sites is 1. The Bertz CT molecular complexity index is 262. The van der Waals surface area contributed by atoms with Crippen molar-refractivity contribution in [2.75, 3.05) is 11.9 Å². The molecule has 1 rings (SSSR count). The Morgan fingerprint density at radius 3 is 2.62 bits per heavy atom. The quantitative estimate of drug-likeness (QED) is 0.478. The normalized spacial score (nSPS) is 9.31. The first-order chi connectivity index (χ1) is 6.33. The third-order valence-corrected chi connectivity index (χ3v) is 1.58. The summed E-state index contributed by atoms with van der Waals surface area (Å²) in [4.78, 5) is 10.6. The molecule has 0 saturated heterocycles. The Morgan fingerprint density at radius 2 is 2.00 bits per heavy atom. The van der Waals surface area contributed by atoms with Crippen molar-refractivity contribution in [3.63, 3.8) is 0 Å². The lowest BCUT2D eigenvalue weighted by Gasteiger charge is -2.04. The first-order valence-electron chi connectivity index (χ1n) is 4.05. The molecule has 0 atom stereocenters. The lowest BCUT2D eigenvalue weighted by molar-refractivity contribution is -0.128.